The van der Waals surface area contributed by atoms with Gasteiger partial charge in [0.15, 0.2) is 11.6 Å². The predicted molar refractivity (Wildman–Crippen MR) is 74.1 cm³/mol. The number of halogens is 2. The van der Waals surface area contributed by atoms with Crippen molar-refractivity contribution in [2.45, 2.75) is 25.9 Å². The van der Waals surface area contributed by atoms with Crippen molar-refractivity contribution in [3.63, 3.8) is 0 Å². The summed E-state index contributed by atoms with van der Waals surface area (Å²) in [5.41, 5.74) is 0.512. The summed E-state index contributed by atoms with van der Waals surface area (Å²) >= 11 is 0. The molecule has 1 N–H and O–H groups in total. The van der Waals surface area contributed by atoms with Gasteiger partial charge in [-0.15, -0.1) is 0 Å². The summed E-state index contributed by atoms with van der Waals surface area (Å²) in [6.45, 7) is 3.33. The molecular formula is C14H17F2N3O2. The molecule has 0 amide bonds. The molecule has 2 atom stereocenters. The molecule has 0 bridgehead atoms. The Morgan fingerprint density at radius 1 is 1.29 bits per heavy atom. The van der Waals surface area contributed by atoms with E-state index in [4.69, 9.17) is 0 Å². The number of hydrogen-bond acceptors (Lipinski definition) is 3. The van der Waals surface area contributed by atoms with Gasteiger partial charge in [-0.05, 0) is 27.9 Å². The van der Waals surface area contributed by atoms with Crippen molar-refractivity contribution in [1.82, 2.24) is 14.5 Å². The van der Waals surface area contributed by atoms with Gasteiger partial charge < -0.3 is 9.67 Å². The first-order chi connectivity index (χ1) is 9.73. The fourth-order valence-corrected chi connectivity index (χ4v) is 2.15. The molecule has 1 aromatic carbocycles. The van der Waals surface area contributed by atoms with Crippen molar-refractivity contribution in [3.05, 3.63) is 29.6 Å². The number of hydrogen-bond donors (Lipinski definition) is 1. The van der Waals surface area contributed by atoms with E-state index in [1.807, 2.05) is 25.9 Å². The van der Waals surface area contributed by atoms with Crippen LogP contribution in [0.5, 0.6) is 0 Å². The molecule has 1 heterocycles. The zero-order chi connectivity index (χ0) is 15.9. The molecule has 0 aliphatic heterocycles. The maximum Gasteiger partial charge on any atom is 0.326 e. The Bertz CT molecular complexity index is 697. The van der Waals surface area contributed by atoms with Crippen molar-refractivity contribution >= 4 is 17.0 Å². The lowest BCUT2D eigenvalue weighted by molar-refractivity contribution is -0.140. The number of benzene rings is 1. The summed E-state index contributed by atoms with van der Waals surface area (Å²) in [4.78, 5) is 17.4. The van der Waals surface area contributed by atoms with Gasteiger partial charge >= 0.3 is 5.97 Å². The van der Waals surface area contributed by atoms with Gasteiger partial charge in [-0.2, -0.15) is 0 Å². The molecule has 5 nitrogen and oxygen atoms in total. The molecule has 114 valence electrons. The molecule has 0 spiro atoms. The third-order valence-electron chi connectivity index (χ3n) is 3.65. The SMILES string of the molecule is CC(c1nc2cc(F)c(F)cc2n1C(C)C(=O)O)N(C)C. The Kier molecular flexibility index (Phi) is 3.95. The third kappa shape index (κ3) is 2.61. The van der Waals surface area contributed by atoms with Crippen LogP contribution >= 0.6 is 0 Å². The molecule has 21 heavy (non-hydrogen) atoms. The Labute approximate surface area is 120 Å². The number of carboxylic acids is 1. The van der Waals surface area contributed by atoms with Gasteiger partial charge in [-0.1, -0.05) is 0 Å². The molecule has 1 aromatic heterocycles. The monoisotopic (exact) mass is 297 g/mol. The van der Waals surface area contributed by atoms with Crippen molar-refractivity contribution in [3.8, 4) is 0 Å². The number of carbonyl (C=O) groups is 1. The highest BCUT2D eigenvalue weighted by Crippen LogP contribution is 2.28. The van der Waals surface area contributed by atoms with Gasteiger partial charge in [0.25, 0.3) is 0 Å². The van der Waals surface area contributed by atoms with Crippen LogP contribution in [-0.4, -0.2) is 39.6 Å². The molecule has 0 aliphatic carbocycles. The van der Waals surface area contributed by atoms with Gasteiger partial charge in [0.05, 0.1) is 17.1 Å². The number of aromatic nitrogens is 2. The first-order valence-electron chi connectivity index (χ1n) is 6.50. The van der Waals surface area contributed by atoms with Crippen LogP contribution in [0, 0.1) is 11.6 Å². The van der Waals surface area contributed by atoms with Gasteiger partial charge in [-0.25, -0.2) is 18.6 Å². The van der Waals surface area contributed by atoms with Gasteiger partial charge in [0.2, 0.25) is 0 Å². The van der Waals surface area contributed by atoms with E-state index in [1.54, 1.807) is 0 Å². The molecule has 0 aliphatic rings. The van der Waals surface area contributed by atoms with Crippen molar-refractivity contribution in [2.75, 3.05) is 14.1 Å². The quantitative estimate of drug-likeness (QED) is 0.942. The Hall–Kier alpha value is -2.02. The standard InChI is InChI=1S/C14H17F2N3O2/c1-7(18(3)4)13-17-11-5-9(15)10(16)6-12(11)19(13)8(2)14(20)21/h5-8H,1-4H3,(H,20,21). The van der Waals surface area contributed by atoms with Crippen LogP contribution in [0.1, 0.15) is 31.8 Å². The number of aliphatic carboxylic acids is 1. The number of carboxylic acid groups (broad SMARTS) is 1. The zero-order valence-corrected chi connectivity index (χ0v) is 12.3. The largest absolute Gasteiger partial charge is 0.480 e. The lowest BCUT2D eigenvalue weighted by Gasteiger charge is -2.22. The van der Waals surface area contributed by atoms with E-state index in [2.05, 4.69) is 4.98 Å². The molecule has 2 unspecified atom stereocenters. The van der Waals surface area contributed by atoms with Crippen LogP contribution in [0.2, 0.25) is 0 Å². The predicted octanol–water partition coefficient (Wildman–Crippen LogP) is 2.58. The highest BCUT2D eigenvalue weighted by Gasteiger charge is 2.25. The second-order valence-corrected chi connectivity index (χ2v) is 5.25. The molecule has 2 aromatic rings. The summed E-state index contributed by atoms with van der Waals surface area (Å²) in [7, 11) is 3.64. The van der Waals surface area contributed by atoms with Crippen LogP contribution in [0.15, 0.2) is 12.1 Å². The maximum absolute atomic E-state index is 13.5. The van der Waals surface area contributed by atoms with Crippen molar-refractivity contribution < 1.29 is 18.7 Å². The fraction of sp³-hybridized carbons (Fsp3) is 0.429. The lowest BCUT2D eigenvalue weighted by Crippen LogP contribution is -2.24. The minimum Gasteiger partial charge on any atom is -0.480 e. The summed E-state index contributed by atoms with van der Waals surface area (Å²) in [6, 6.07) is 0.840. The number of rotatable bonds is 4. The highest BCUT2D eigenvalue weighted by molar-refractivity contribution is 5.80. The summed E-state index contributed by atoms with van der Waals surface area (Å²) in [5.74, 6) is -2.63. The zero-order valence-electron chi connectivity index (χ0n) is 12.3. The molecule has 2 rings (SSSR count). The van der Waals surface area contributed by atoms with Crippen LogP contribution in [0.25, 0.3) is 11.0 Å². The van der Waals surface area contributed by atoms with E-state index >= 15 is 0 Å². The van der Waals surface area contributed by atoms with E-state index in [9.17, 15) is 18.7 Å². The van der Waals surface area contributed by atoms with E-state index in [1.165, 1.54) is 11.5 Å². The lowest BCUT2D eigenvalue weighted by atomic mass is 10.2. The second-order valence-electron chi connectivity index (χ2n) is 5.25. The van der Waals surface area contributed by atoms with Crippen molar-refractivity contribution in [1.29, 1.82) is 0 Å². The topological polar surface area (TPSA) is 58.4 Å². The second kappa shape index (κ2) is 5.40. The first-order valence-corrected chi connectivity index (χ1v) is 6.50. The van der Waals surface area contributed by atoms with Gasteiger partial charge in [-0.3, -0.25) is 4.90 Å². The van der Waals surface area contributed by atoms with E-state index in [-0.39, 0.29) is 17.1 Å². The minimum absolute atomic E-state index is 0.203. The Morgan fingerprint density at radius 3 is 2.38 bits per heavy atom. The van der Waals surface area contributed by atoms with Crippen LogP contribution < -0.4 is 0 Å². The number of nitrogens with zero attached hydrogens (tertiary/aromatic N) is 3. The number of fused-ring (bicyclic) bond motifs is 1. The summed E-state index contributed by atoms with van der Waals surface area (Å²) < 4.78 is 28.3. The van der Waals surface area contributed by atoms with E-state index in [0.29, 0.717) is 5.82 Å². The van der Waals surface area contributed by atoms with E-state index in [0.717, 1.165) is 12.1 Å². The highest BCUT2D eigenvalue weighted by atomic mass is 19.2. The molecule has 7 heteroatoms. The average Bonchev–Trinajstić information content (AvgIpc) is 2.75. The van der Waals surface area contributed by atoms with Crippen molar-refractivity contribution in [2.24, 2.45) is 0 Å². The van der Waals surface area contributed by atoms with Crippen LogP contribution in [0.4, 0.5) is 8.78 Å². The summed E-state index contributed by atoms with van der Waals surface area (Å²) in [5, 5.41) is 9.25. The number of imidazole rings is 1. The summed E-state index contributed by atoms with van der Waals surface area (Å²) in [6.07, 6.45) is 0. The third-order valence-corrected chi connectivity index (χ3v) is 3.65. The Balaban J connectivity index is 2.77. The molecule has 0 fully saturated rings. The molecule has 0 saturated heterocycles. The molecular weight excluding hydrogens is 280 g/mol. The van der Waals surface area contributed by atoms with Crippen LogP contribution in [-0.2, 0) is 4.79 Å². The minimum atomic E-state index is -1.06. The van der Waals surface area contributed by atoms with Crippen LogP contribution in [0.3, 0.4) is 0 Å². The average molecular weight is 297 g/mol. The molecule has 0 saturated carbocycles. The van der Waals surface area contributed by atoms with E-state index < -0.39 is 23.6 Å². The van der Waals surface area contributed by atoms with Gasteiger partial charge in [0, 0.05) is 12.1 Å². The first kappa shape index (κ1) is 15.4. The molecule has 0 radical (unpaired) electrons. The maximum atomic E-state index is 13.5. The van der Waals surface area contributed by atoms with Gasteiger partial charge in [0.1, 0.15) is 11.9 Å². The fourth-order valence-electron chi connectivity index (χ4n) is 2.15. The normalized spacial score (nSPS) is 14.6. The Morgan fingerprint density at radius 2 is 1.86 bits per heavy atom. The smallest absolute Gasteiger partial charge is 0.326 e.